The molecule has 0 radical (unpaired) electrons. The normalized spacial score (nSPS) is 10.4. The molecule has 0 rings (SSSR count). The Balaban J connectivity index is 2.69. The fourth-order valence-electron chi connectivity index (χ4n) is 0.553. The van der Waals surface area contributed by atoms with Crippen LogP contribution in [0, 0.1) is 0 Å². The molecule has 68 valence electrons. The monoisotopic (exact) mass is 166 g/mol. The summed E-state index contributed by atoms with van der Waals surface area (Å²) >= 11 is 0. The van der Waals surface area contributed by atoms with Crippen LogP contribution in [0.3, 0.4) is 0 Å². The van der Waals surface area contributed by atoms with Crippen LogP contribution in [-0.4, -0.2) is 36.9 Å². The van der Waals surface area contributed by atoms with Crippen LogP contribution < -0.4 is 0 Å². The lowest BCUT2D eigenvalue weighted by Gasteiger charge is -2.01. The van der Waals surface area contributed by atoms with Crippen molar-refractivity contribution in [3.05, 3.63) is 0 Å². The molecule has 0 atom stereocenters. The van der Waals surface area contributed by atoms with E-state index in [4.69, 9.17) is 15.3 Å². The van der Waals surface area contributed by atoms with E-state index in [2.05, 4.69) is 9.78 Å². The molecule has 0 aromatic rings. The highest BCUT2D eigenvalue weighted by molar-refractivity contribution is 4.34. The zero-order valence-electron chi connectivity index (χ0n) is 6.36. The molecule has 0 fully saturated rings. The second-order valence-electron chi connectivity index (χ2n) is 1.99. The van der Waals surface area contributed by atoms with Gasteiger partial charge in [-0.15, -0.1) is 0 Å². The standard InChI is InChI=1S/C6H14O5/c7-10-5-1-3-9-4-2-6-11-8/h7-8H,1-6H2. The van der Waals surface area contributed by atoms with Gasteiger partial charge in [0.05, 0.1) is 13.2 Å². The molecule has 0 heterocycles. The summed E-state index contributed by atoms with van der Waals surface area (Å²) in [5.74, 6) is 0. The third-order valence-electron chi connectivity index (χ3n) is 1.05. The first-order valence-electron chi connectivity index (χ1n) is 3.52. The van der Waals surface area contributed by atoms with E-state index in [0.29, 0.717) is 26.1 Å². The molecule has 0 aliphatic carbocycles. The minimum Gasteiger partial charge on any atom is -0.381 e. The predicted octanol–water partition coefficient (Wildman–Crippen LogP) is 0.762. The van der Waals surface area contributed by atoms with Gasteiger partial charge < -0.3 is 4.74 Å². The highest BCUT2D eigenvalue weighted by Crippen LogP contribution is 1.86. The lowest BCUT2D eigenvalue weighted by atomic mass is 10.5. The second-order valence-corrected chi connectivity index (χ2v) is 1.99. The van der Waals surface area contributed by atoms with Crippen LogP contribution in [0.15, 0.2) is 0 Å². The molecule has 0 amide bonds. The summed E-state index contributed by atoms with van der Waals surface area (Å²) < 4.78 is 5.06. The lowest BCUT2D eigenvalue weighted by molar-refractivity contribution is -0.246. The molecule has 0 aliphatic rings. The summed E-state index contributed by atoms with van der Waals surface area (Å²) in [7, 11) is 0. The van der Waals surface area contributed by atoms with Crippen molar-refractivity contribution in [3.8, 4) is 0 Å². The molecular weight excluding hydrogens is 152 g/mol. The second kappa shape index (κ2) is 9.80. The SMILES string of the molecule is OOCCCOCCCOO. The topological polar surface area (TPSA) is 68.2 Å². The van der Waals surface area contributed by atoms with Crippen LogP contribution in [-0.2, 0) is 14.5 Å². The third kappa shape index (κ3) is 9.80. The first-order valence-corrected chi connectivity index (χ1v) is 3.52. The molecule has 0 spiro atoms. The van der Waals surface area contributed by atoms with E-state index < -0.39 is 0 Å². The number of rotatable bonds is 8. The lowest BCUT2D eigenvalue weighted by Crippen LogP contribution is -2.02. The molecule has 0 unspecified atom stereocenters. The molecule has 2 N–H and O–H groups in total. The average molecular weight is 166 g/mol. The summed E-state index contributed by atoms with van der Waals surface area (Å²) in [6, 6.07) is 0. The molecule has 5 heteroatoms. The zero-order valence-corrected chi connectivity index (χ0v) is 6.36. The fourth-order valence-corrected chi connectivity index (χ4v) is 0.553. The Bertz CT molecular complexity index is 60.0. The van der Waals surface area contributed by atoms with Gasteiger partial charge in [0, 0.05) is 13.2 Å². The van der Waals surface area contributed by atoms with Crippen molar-refractivity contribution in [1.29, 1.82) is 0 Å². The van der Waals surface area contributed by atoms with Crippen LogP contribution in [0.25, 0.3) is 0 Å². The fraction of sp³-hybridized carbons (Fsp3) is 1.00. The molecule has 0 aromatic heterocycles. The Labute approximate surface area is 65.4 Å². The van der Waals surface area contributed by atoms with Crippen molar-refractivity contribution >= 4 is 0 Å². The van der Waals surface area contributed by atoms with E-state index in [-0.39, 0.29) is 13.2 Å². The Morgan fingerprint density at radius 2 is 1.18 bits per heavy atom. The third-order valence-corrected chi connectivity index (χ3v) is 1.05. The van der Waals surface area contributed by atoms with Gasteiger partial charge in [0.15, 0.2) is 0 Å². The largest absolute Gasteiger partial charge is 0.381 e. The van der Waals surface area contributed by atoms with Gasteiger partial charge in [0.2, 0.25) is 0 Å². The van der Waals surface area contributed by atoms with Gasteiger partial charge in [0.1, 0.15) is 0 Å². The van der Waals surface area contributed by atoms with E-state index >= 15 is 0 Å². The van der Waals surface area contributed by atoms with Crippen LogP contribution in [0.4, 0.5) is 0 Å². The molecule has 11 heavy (non-hydrogen) atoms. The van der Waals surface area contributed by atoms with Crippen LogP contribution in [0.2, 0.25) is 0 Å². The Morgan fingerprint density at radius 3 is 1.55 bits per heavy atom. The van der Waals surface area contributed by atoms with Gasteiger partial charge in [-0.3, -0.25) is 10.5 Å². The minimum absolute atomic E-state index is 0.288. The zero-order chi connectivity index (χ0) is 8.36. The maximum Gasteiger partial charge on any atom is 0.0841 e. The van der Waals surface area contributed by atoms with Gasteiger partial charge in [0.25, 0.3) is 0 Å². The van der Waals surface area contributed by atoms with Gasteiger partial charge in [-0.2, -0.15) is 0 Å². The van der Waals surface area contributed by atoms with Gasteiger partial charge in [-0.1, -0.05) is 0 Å². The summed E-state index contributed by atoms with van der Waals surface area (Å²) in [6.07, 6.45) is 1.33. The minimum atomic E-state index is 0.288. The van der Waals surface area contributed by atoms with Crippen LogP contribution >= 0.6 is 0 Å². The first-order chi connectivity index (χ1) is 5.41. The molecule has 5 nitrogen and oxygen atoms in total. The maximum absolute atomic E-state index is 7.90. The Morgan fingerprint density at radius 1 is 0.727 bits per heavy atom. The molecule has 0 aromatic carbocycles. The van der Waals surface area contributed by atoms with E-state index in [1.807, 2.05) is 0 Å². The highest BCUT2D eigenvalue weighted by Gasteiger charge is 1.89. The van der Waals surface area contributed by atoms with Gasteiger partial charge >= 0.3 is 0 Å². The molecule has 0 saturated carbocycles. The first kappa shape index (κ1) is 10.8. The molecule has 0 bridgehead atoms. The predicted molar refractivity (Wildman–Crippen MR) is 37.2 cm³/mol. The van der Waals surface area contributed by atoms with Crippen LogP contribution in [0.1, 0.15) is 12.8 Å². The number of hydrogen-bond acceptors (Lipinski definition) is 5. The highest BCUT2D eigenvalue weighted by atomic mass is 17.1. The van der Waals surface area contributed by atoms with Crippen molar-refractivity contribution < 1.29 is 25.0 Å². The van der Waals surface area contributed by atoms with Crippen molar-refractivity contribution in [3.63, 3.8) is 0 Å². The average Bonchev–Trinajstić information content (AvgIpc) is 2.03. The quantitative estimate of drug-likeness (QED) is 0.316. The van der Waals surface area contributed by atoms with Gasteiger partial charge in [-0.25, -0.2) is 9.78 Å². The van der Waals surface area contributed by atoms with Crippen molar-refractivity contribution in [2.75, 3.05) is 26.4 Å². The summed E-state index contributed by atoms with van der Waals surface area (Å²) in [5.41, 5.74) is 0. The van der Waals surface area contributed by atoms with Crippen molar-refractivity contribution in [1.82, 2.24) is 0 Å². The molecule has 0 saturated heterocycles. The van der Waals surface area contributed by atoms with Gasteiger partial charge in [-0.05, 0) is 12.8 Å². The van der Waals surface area contributed by atoms with E-state index in [1.165, 1.54) is 0 Å². The molecule has 0 aliphatic heterocycles. The summed E-state index contributed by atoms with van der Waals surface area (Å²) in [5, 5.41) is 15.8. The van der Waals surface area contributed by atoms with Crippen LogP contribution in [0.5, 0.6) is 0 Å². The van der Waals surface area contributed by atoms with Crippen molar-refractivity contribution in [2.24, 2.45) is 0 Å². The van der Waals surface area contributed by atoms with E-state index in [0.717, 1.165) is 0 Å². The van der Waals surface area contributed by atoms with E-state index in [1.54, 1.807) is 0 Å². The Hall–Kier alpha value is -0.200. The smallest absolute Gasteiger partial charge is 0.0841 e. The van der Waals surface area contributed by atoms with E-state index in [9.17, 15) is 0 Å². The number of hydrogen-bond donors (Lipinski definition) is 2. The Kier molecular flexibility index (Phi) is 9.62. The van der Waals surface area contributed by atoms with Crippen molar-refractivity contribution in [2.45, 2.75) is 12.8 Å². The summed E-state index contributed by atoms with van der Waals surface area (Å²) in [4.78, 5) is 7.65. The molecular formula is C6H14O5. The summed E-state index contributed by atoms with van der Waals surface area (Å²) in [6.45, 7) is 1.67. The maximum atomic E-state index is 7.90. The number of ether oxygens (including phenoxy) is 1.